The van der Waals surface area contributed by atoms with Crippen molar-refractivity contribution in [1.29, 1.82) is 0 Å². The highest BCUT2D eigenvalue weighted by Gasteiger charge is 2.32. The van der Waals surface area contributed by atoms with Crippen molar-refractivity contribution in [1.82, 2.24) is 14.1 Å². The topological polar surface area (TPSA) is 64.2 Å². The van der Waals surface area contributed by atoms with Gasteiger partial charge in [0.25, 0.3) is 0 Å². The number of nitrogens with zero attached hydrogens (tertiary/aromatic N) is 4. The summed E-state index contributed by atoms with van der Waals surface area (Å²) in [6.07, 6.45) is 7.49. The molecule has 2 saturated heterocycles. The van der Waals surface area contributed by atoms with Gasteiger partial charge in [-0.2, -0.15) is 0 Å². The molecule has 2 aliphatic rings. The van der Waals surface area contributed by atoms with Crippen molar-refractivity contribution in [3.63, 3.8) is 0 Å². The Morgan fingerprint density at radius 2 is 1.62 bits per heavy atom. The van der Waals surface area contributed by atoms with E-state index in [9.17, 15) is 13.2 Å². The number of hydrogen-bond acceptors (Lipinski definition) is 5. The summed E-state index contributed by atoms with van der Waals surface area (Å²) in [5.41, 5.74) is 1.95. The lowest BCUT2D eigenvalue weighted by molar-refractivity contribution is -0.123. The van der Waals surface area contributed by atoms with E-state index >= 15 is 0 Å². The van der Waals surface area contributed by atoms with Crippen molar-refractivity contribution in [3.05, 3.63) is 70.2 Å². The smallest absolute Gasteiger partial charge is 0.230 e. The van der Waals surface area contributed by atoms with E-state index in [4.69, 9.17) is 23.2 Å². The van der Waals surface area contributed by atoms with Crippen LogP contribution in [-0.2, 0) is 14.8 Å². The summed E-state index contributed by atoms with van der Waals surface area (Å²) >= 11 is 12.4. The highest BCUT2D eigenvalue weighted by Crippen LogP contribution is 2.30. The number of carbonyl (C=O) groups is 1. The molecule has 2 fully saturated rings. The Balaban J connectivity index is 1.29. The fraction of sp³-hybridized carbons (Fsp3) is 0.483. The van der Waals surface area contributed by atoms with Crippen LogP contribution in [0.3, 0.4) is 0 Å². The van der Waals surface area contributed by atoms with Crippen LogP contribution in [-0.4, -0.2) is 93.6 Å². The minimum atomic E-state index is -3.24. The molecule has 0 bridgehead atoms. The van der Waals surface area contributed by atoms with Gasteiger partial charge in [0.1, 0.15) is 0 Å². The number of hydrogen-bond donors (Lipinski definition) is 0. The molecule has 39 heavy (non-hydrogen) atoms. The van der Waals surface area contributed by atoms with Gasteiger partial charge in [-0.1, -0.05) is 65.7 Å². The van der Waals surface area contributed by atoms with Crippen LogP contribution in [0.25, 0.3) is 6.08 Å². The molecular formula is C29H38Cl2N4O3S. The molecule has 0 saturated carbocycles. The van der Waals surface area contributed by atoms with Gasteiger partial charge in [-0.3, -0.25) is 9.69 Å². The first-order chi connectivity index (χ1) is 18.7. The first kappa shape index (κ1) is 30.0. The molecule has 7 nitrogen and oxygen atoms in total. The fourth-order valence-corrected chi connectivity index (χ4v) is 6.39. The number of amides is 1. The van der Waals surface area contributed by atoms with Crippen molar-refractivity contribution in [2.75, 3.05) is 70.1 Å². The first-order valence-electron chi connectivity index (χ1n) is 13.6. The normalized spacial score (nSPS) is 18.5. The fourth-order valence-electron chi connectivity index (χ4n) is 5.22. The second-order valence-electron chi connectivity index (χ2n) is 10.3. The Hall–Kier alpha value is -1.94. The van der Waals surface area contributed by atoms with Gasteiger partial charge in [0.2, 0.25) is 15.9 Å². The number of benzene rings is 2. The molecule has 0 unspecified atom stereocenters. The molecular weight excluding hydrogens is 555 g/mol. The third-order valence-corrected chi connectivity index (χ3v) is 9.59. The van der Waals surface area contributed by atoms with E-state index in [0.29, 0.717) is 42.5 Å². The summed E-state index contributed by atoms with van der Waals surface area (Å²) in [6, 6.07) is 15.6. The maximum absolute atomic E-state index is 13.6. The predicted molar refractivity (Wildman–Crippen MR) is 161 cm³/mol. The lowest BCUT2D eigenvalue weighted by atomic mass is 9.96. The van der Waals surface area contributed by atoms with Crippen LogP contribution in [0.1, 0.15) is 24.8 Å². The van der Waals surface area contributed by atoms with Crippen LogP contribution >= 0.6 is 23.2 Å². The maximum Gasteiger partial charge on any atom is 0.230 e. The van der Waals surface area contributed by atoms with Crippen LogP contribution in [0.4, 0.5) is 5.69 Å². The zero-order valence-corrected chi connectivity index (χ0v) is 24.8. The van der Waals surface area contributed by atoms with Gasteiger partial charge in [0.15, 0.2) is 0 Å². The van der Waals surface area contributed by atoms with E-state index < -0.39 is 10.0 Å². The van der Waals surface area contributed by atoms with Crippen molar-refractivity contribution in [2.24, 2.45) is 5.92 Å². The van der Waals surface area contributed by atoms with Gasteiger partial charge in [-0.15, -0.1) is 0 Å². The van der Waals surface area contributed by atoms with Crippen molar-refractivity contribution >= 4 is 50.9 Å². The number of anilines is 1. The van der Waals surface area contributed by atoms with E-state index in [1.165, 1.54) is 16.1 Å². The summed E-state index contributed by atoms with van der Waals surface area (Å²) in [5, 5.41) is 0.863. The molecule has 2 aliphatic heterocycles. The molecule has 2 heterocycles. The number of rotatable bonds is 10. The quantitative estimate of drug-likeness (QED) is 0.399. The van der Waals surface area contributed by atoms with Crippen molar-refractivity contribution in [2.45, 2.75) is 19.3 Å². The number of piperazine rings is 1. The van der Waals surface area contributed by atoms with Crippen LogP contribution in [0.2, 0.25) is 10.0 Å². The molecule has 0 atom stereocenters. The van der Waals surface area contributed by atoms with Crippen molar-refractivity contribution < 1.29 is 13.2 Å². The SMILES string of the molecule is CS(=O)(=O)N1CCC(C(=O)N(CCCN2CCN(C/C=C/c3ccccc3)CC2)c2ccc(Cl)c(Cl)c2)CC1. The van der Waals surface area contributed by atoms with Crippen LogP contribution in [0.5, 0.6) is 0 Å². The monoisotopic (exact) mass is 592 g/mol. The van der Waals surface area contributed by atoms with Gasteiger partial charge in [0, 0.05) is 64.0 Å². The number of sulfonamides is 1. The van der Waals surface area contributed by atoms with E-state index in [2.05, 4.69) is 46.2 Å². The summed E-state index contributed by atoms with van der Waals surface area (Å²) in [7, 11) is -3.24. The van der Waals surface area contributed by atoms with Gasteiger partial charge < -0.3 is 9.80 Å². The van der Waals surface area contributed by atoms with Gasteiger partial charge in [-0.05, 0) is 49.6 Å². The molecule has 1 amide bonds. The Morgan fingerprint density at radius 3 is 2.26 bits per heavy atom. The molecule has 0 radical (unpaired) electrons. The molecule has 2 aromatic carbocycles. The van der Waals surface area contributed by atoms with Crippen LogP contribution in [0, 0.1) is 5.92 Å². The van der Waals surface area contributed by atoms with Crippen molar-refractivity contribution in [3.8, 4) is 0 Å². The molecule has 4 rings (SSSR count). The summed E-state index contributed by atoms with van der Waals surface area (Å²) in [5.74, 6) is -0.193. The summed E-state index contributed by atoms with van der Waals surface area (Å²) in [4.78, 5) is 20.4. The highest BCUT2D eigenvalue weighted by atomic mass is 35.5. The minimum absolute atomic E-state index is 0.0246. The Morgan fingerprint density at radius 1 is 0.949 bits per heavy atom. The number of halogens is 2. The Bertz CT molecular complexity index is 1230. The summed E-state index contributed by atoms with van der Waals surface area (Å²) < 4.78 is 25.3. The van der Waals surface area contributed by atoms with E-state index in [1.54, 1.807) is 12.1 Å². The first-order valence-corrected chi connectivity index (χ1v) is 16.2. The zero-order valence-electron chi connectivity index (χ0n) is 22.5. The molecule has 0 aliphatic carbocycles. The van der Waals surface area contributed by atoms with Gasteiger partial charge in [-0.25, -0.2) is 12.7 Å². The summed E-state index contributed by atoms with van der Waals surface area (Å²) in [6.45, 7) is 7.22. The maximum atomic E-state index is 13.6. The Labute approximate surface area is 243 Å². The van der Waals surface area contributed by atoms with Crippen LogP contribution < -0.4 is 4.90 Å². The van der Waals surface area contributed by atoms with Gasteiger partial charge in [0.05, 0.1) is 16.3 Å². The standard InChI is InChI=1S/C29H38Cl2N4O3S/c1-39(37,38)34-17-12-25(13-18-34)29(36)35(26-10-11-27(30)28(31)23-26)16-6-15-33-21-19-32(20-22-33)14-5-9-24-7-3-2-4-8-24/h2-5,7-11,23,25H,6,12-22H2,1H3/b9-5+. The molecule has 0 aromatic heterocycles. The predicted octanol–water partition coefficient (Wildman–Crippen LogP) is 4.72. The minimum Gasteiger partial charge on any atom is -0.312 e. The lowest BCUT2D eigenvalue weighted by Crippen LogP contribution is -2.47. The van der Waals surface area contributed by atoms with E-state index in [1.807, 2.05) is 17.0 Å². The molecule has 10 heteroatoms. The average Bonchev–Trinajstić information content (AvgIpc) is 2.93. The van der Waals surface area contributed by atoms with E-state index in [0.717, 1.165) is 51.4 Å². The second kappa shape index (κ2) is 14.1. The van der Waals surface area contributed by atoms with Gasteiger partial charge >= 0.3 is 0 Å². The molecule has 0 spiro atoms. The number of carbonyl (C=O) groups excluding carboxylic acids is 1. The molecule has 2 aromatic rings. The average molecular weight is 594 g/mol. The number of piperidine rings is 1. The largest absolute Gasteiger partial charge is 0.312 e. The molecule has 212 valence electrons. The zero-order chi connectivity index (χ0) is 27.8. The highest BCUT2D eigenvalue weighted by molar-refractivity contribution is 7.88. The molecule has 0 N–H and O–H groups in total. The van der Waals surface area contributed by atoms with Crippen LogP contribution in [0.15, 0.2) is 54.6 Å². The third-order valence-electron chi connectivity index (χ3n) is 7.55. The van der Waals surface area contributed by atoms with E-state index in [-0.39, 0.29) is 11.8 Å². The lowest BCUT2D eigenvalue weighted by Gasteiger charge is -2.35. The second-order valence-corrected chi connectivity index (χ2v) is 13.1. The third kappa shape index (κ3) is 8.77. The Kier molecular flexibility index (Phi) is 10.9.